The Morgan fingerprint density at radius 1 is 0.667 bits per heavy atom. The first-order chi connectivity index (χ1) is 7.68. The molecular formula is C10H24O4S2Si2. The second-order valence-electron chi connectivity index (χ2n) is 7.57. The third-order valence-electron chi connectivity index (χ3n) is 3.02. The van der Waals surface area contributed by atoms with Crippen LogP contribution in [0.1, 0.15) is 0 Å². The van der Waals surface area contributed by atoms with Crippen molar-refractivity contribution in [2.45, 2.75) is 60.5 Å². The Bertz CT molecular complexity index is 453. The quantitative estimate of drug-likeness (QED) is 0.742. The van der Waals surface area contributed by atoms with Crippen LogP contribution in [-0.4, -0.2) is 42.1 Å². The molecule has 0 N–H and O–H groups in total. The van der Waals surface area contributed by atoms with Crippen LogP contribution in [0.2, 0.25) is 51.4 Å². The predicted molar refractivity (Wildman–Crippen MR) is 81.7 cm³/mol. The highest BCUT2D eigenvalue weighted by Crippen LogP contribution is 2.42. The molecule has 0 atom stereocenters. The maximum atomic E-state index is 12.2. The first-order valence-corrected chi connectivity index (χ1v) is 16.8. The first-order valence-electron chi connectivity index (χ1n) is 6.13. The molecule has 0 unspecified atom stereocenters. The molecular weight excluding hydrogens is 304 g/mol. The molecule has 108 valence electrons. The van der Waals surface area contributed by atoms with E-state index in [9.17, 15) is 16.8 Å². The zero-order valence-electron chi connectivity index (χ0n) is 12.0. The molecule has 0 aromatic heterocycles. The second-order valence-corrected chi connectivity index (χ2v) is 23.9. The lowest BCUT2D eigenvalue weighted by Crippen LogP contribution is -2.59. The van der Waals surface area contributed by atoms with Crippen molar-refractivity contribution < 1.29 is 16.8 Å². The molecule has 1 aliphatic rings. The van der Waals surface area contributed by atoms with E-state index in [1.807, 2.05) is 39.3 Å². The monoisotopic (exact) mass is 328 g/mol. The van der Waals surface area contributed by atoms with Gasteiger partial charge >= 0.3 is 0 Å². The molecule has 18 heavy (non-hydrogen) atoms. The van der Waals surface area contributed by atoms with Crippen LogP contribution in [0.5, 0.6) is 0 Å². The van der Waals surface area contributed by atoms with E-state index in [0.29, 0.717) is 12.1 Å². The van der Waals surface area contributed by atoms with Crippen LogP contribution in [0.4, 0.5) is 0 Å². The summed E-state index contributed by atoms with van der Waals surface area (Å²) in [6, 6.07) is 0.666. The van der Waals surface area contributed by atoms with Crippen LogP contribution in [0.25, 0.3) is 0 Å². The van der Waals surface area contributed by atoms with Gasteiger partial charge in [0, 0.05) is 16.1 Å². The second kappa shape index (κ2) is 4.42. The van der Waals surface area contributed by atoms with Gasteiger partial charge in [-0.25, -0.2) is 16.8 Å². The van der Waals surface area contributed by atoms with E-state index < -0.39 is 45.0 Å². The summed E-state index contributed by atoms with van der Waals surface area (Å²) < 4.78 is 46.5. The van der Waals surface area contributed by atoms with Crippen LogP contribution >= 0.6 is 0 Å². The molecule has 1 aliphatic heterocycles. The highest BCUT2D eigenvalue weighted by Gasteiger charge is 2.62. The van der Waals surface area contributed by atoms with E-state index in [-0.39, 0.29) is 0 Å². The van der Waals surface area contributed by atoms with Crippen molar-refractivity contribution in [3.8, 4) is 0 Å². The van der Waals surface area contributed by atoms with Gasteiger partial charge in [-0.2, -0.15) is 0 Å². The van der Waals surface area contributed by atoms with Gasteiger partial charge in [-0.05, 0) is 12.1 Å². The Hall–Kier alpha value is 0.334. The van der Waals surface area contributed by atoms with E-state index in [1.165, 1.54) is 0 Å². The number of rotatable bonds is 4. The Balaban J connectivity index is 3.04. The van der Waals surface area contributed by atoms with Gasteiger partial charge in [0.2, 0.25) is 0 Å². The average molecular weight is 329 g/mol. The molecule has 0 aromatic rings. The fraction of sp³-hybridized carbons (Fsp3) is 1.00. The first kappa shape index (κ1) is 16.4. The smallest absolute Gasteiger partial charge is 0.184 e. The molecule has 1 heterocycles. The van der Waals surface area contributed by atoms with Crippen molar-refractivity contribution in [3.05, 3.63) is 0 Å². The molecule has 8 heteroatoms. The lowest BCUT2D eigenvalue weighted by atomic mass is 10.9. The molecule has 0 saturated carbocycles. The summed E-state index contributed by atoms with van der Waals surface area (Å²) in [7, 11) is -10.3. The van der Waals surface area contributed by atoms with Gasteiger partial charge < -0.3 is 0 Å². The maximum absolute atomic E-state index is 12.2. The molecule has 0 aliphatic carbocycles. The molecule has 0 amide bonds. The summed E-state index contributed by atoms with van der Waals surface area (Å²) in [6.07, 6.45) is 0. The molecule has 1 rings (SSSR count). The van der Waals surface area contributed by atoms with Gasteiger partial charge in [0.25, 0.3) is 0 Å². The van der Waals surface area contributed by atoms with Crippen LogP contribution in [0, 0.1) is 0 Å². The normalized spacial score (nSPS) is 30.8. The number of sulfone groups is 2. The lowest BCUT2D eigenvalue weighted by molar-refractivity contribution is 0.552. The van der Waals surface area contributed by atoms with Gasteiger partial charge in [0.15, 0.2) is 28.8 Å². The summed E-state index contributed by atoms with van der Waals surface area (Å²) in [5.74, 6) is 0. The molecule has 0 bridgehead atoms. The SMILES string of the molecule is C[Si](C)(C)CC1S(=O)(=O)C(C[Si](C)(C)C)S1(=O)=O. The Labute approximate surface area is 113 Å². The minimum absolute atomic E-state index is 0.333. The molecule has 0 radical (unpaired) electrons. The molecule has 0 spiro atoms. The summed E-state index contributed by atoms with van der Waals surface area (Å²) in [6.45, 7) is 12.0. The lowest BCUT2D eigenvalue weighted by Gasteiger charge is -2.39. The number of hydrogen-bond acceptors (Lipinski definition) is 4. The van der Waals surface area contributed by atoms with E-state index in [2.05, 4.69) is 0 Å². The topological polar surface area (TPSA) is 68.3 Å². The predicted octanol–water partition coefficient (Wildman–Crippen LogP) is 2.16. The molecule has 1 fully saturated rings. The van der Waals surface area contributed by atoms with Gasteiger partial charge in [0.05, 0.1) is 0 Å². The van der Waals surface area contributed by atoms with Crippen molar-refractivity contribution in [3.63, 3.8) is 0 Å². The highest BCUT2D eigenvalue weighted by molar-refractivity contribution is 8.25. The van der Waals surface area contributed by atoms with E-state index in [1.54, 1.807) is 0 Å². The Morgan fingerprint density at radius 2 is 0.889 bits per heavy atom. The van der Waals surface area contributed by atoms with Crippen molar-refractivity contribution in [1.82, 2.24) is 0 Å². The minimum Gasteiger partial charge on any atom is -0.226 e. The number of hydrogen-bond donors (Lipinski definition) is 0. The fourth-order valence-electron chi connectivity index (χ4n) is 2.12. The van der Waals surface area contributed by atoms with Gasteiger partial charge in [-0.1, -0.05) is 39.3 Å². The summed E-state index contributed by atoms with van der Waals surface area (Å²) >= 11 is 0. The van der Waals surface area contributed by atoms with Crippen molar-refractivity contribution in [2.75, 3.05) is 0 Å². The Kier molecular flexibility index (Phi) is 4.03. The summed E-state index contributed by atoms with van der Waals surface area (Å²) in [5.41, 5.74) is 0. The van der Waals surface area contributed by atoms with E-state index in [0.717, 1.165) is 0 Å². The summed E-state index contributed by atoms with van der Waals surface area (Å²) in [4.78, 5) is 0. The average Bonchev–Trinajstić information content (AvgIpc) is 2.07. The van der Waals surface area contributed by atoms with Crippen LogP contribution < -0.4 is 0 Å². The summed E-state index contributed by atoms with van der Waals surface area (Å²) in [5, 5.41) is 0. The van der Waals surface area contributed by atoms with Crippen molar-refractivity contribution >= 4 is 35.8 Å². The Morgan fingerprint density at radius 3 is 1.06 bits per heavy atom. The van der Waals surface area contributed by atoms with Gasteiger partial charge in [0.1, 0.15) is 0 Å². The molecule has 4 nitrogen and oxygen atoms in total. The zero-order valence-corrected chi connectivity index (χ0v) is 15.7. The van der Waals surface area contributed by atoms with Crippen LogP contribution in [-0.2, 0) is 19.7 Å². The fourth-order valence-corrected chi connectivity index (χ4v) is 18.3. The molecule has 1 saturated heterocycles. The van der Waals surface area contributed by atoms with Crippen molar-refractivity contribution in [1.29, 1.82) is 0 Å². The van der Waals surface area contributed by atoms with Gasteiger partial charge in [-0.15, -0.1) is 0 Å². The maximum Gasteiger partial charge on any atom is 0.184 e. The largest absolute Gasteiger partial charge is 0.226 e. The standard InChI is InChI=1S/C10H24O4S2Si2/c1-17(2,3)7-9-15(11,12)10(16(9,13)14)8-18(4,5)6/h9-10H,7-8H2,1-6H3. The third-order valence-corrected chi connectivity index (χ3v) is 14.3. The third kappa shape index (κ3) is 3.26. The van der Waals surface area contributed by atoms with Crippen LogP contribution in [0.3, 0.4) is 0 Å². The van der Waals surface area contributed by atoms with Crippen LogP contribution in [0.15, 0.2) is 0 Å². The highest BCUT2D eigenvalue weighted by atomic mass is 32.3. The van der Waals surface area contributed by atoms with Gasteiger partial charge in [-0.3, -0.25) is 0 Å². The zero-order chi connectivity index (χ0) is 14.6. The van der Waals surface area contributed by atoms with E-state index in [4.69, 9.17) is 0 Å². The van der Waals surface area contributed by atoms with E-state index >= 15 is 0 Å². The molecule has 0 aromatic carbocycles. The van der Waals surface area contributed by atoms with Crippen molar-refractivity contribution in [2.24, 2.45) is 0 Å². The minimum atomic E-state index is -3.46.